The largest absolute Gasteiger partial charge is 0.497 e. The van der Waals surface area contributed by atoms with Gasteiger partial charge in [-0.3, -0.25) is 4.90 Å². The van der Waals surface area contributed by atoms with Crippen LogP contribution in [0.25, 0.3) is 0 Å². The number of hydrogen-bond donors (Lipinski definition) is 0. The quantitative estimate of drug-likeness (QED) is 0.818. The average Bonchev–Trinajstić information content (AvgIpc) is 2.83. The molecule has 0 amide bonds. The standard InChI is InChI=1S/C16H22N2O/c1-16(2,3)18-10-13(9-17)15(11-18)12-5-7-14(19-4)8-6-12/h5-8,13,15H,10-11H2,1-4H3/t13-,15+/m0/s1. The molecule has 2 atom stereocenters. The molecule has 2 rings (SSSR count). The molecule has 1 aromatic carbocycles. The highest BCUT2D eigenvalue weighted by molar-refractivity contribution is 5.32. The third-order valence-corrected chi connectivity index (χ3v) is 3.98. The van der Waals surface area contributed by atoms with Crippen molar-refractivity contribution >= 4 is 0 Å². The van der Waals surface area contributed by atoms with Gasteiger partial charge < -0.3 is 4.74 Å². The van der Waals surface area contributed by atoms with E-state index in [1.807, 2.05) is 12.1 Å². The Kier molecular flexibility index (Phi) is 3.82. The molecule has 1 aliphatic rings. The van der Waals surface area contributed by atoms with Gasteiger partial charge in [-0.05, 0) is 38.5 Å². The smallest absolute Gasteiger partial charge is 0.118 e. The third kappa shape index (κ3) is 2.90. The molecule has 102 valence electrons. The van der Waals surface area contributed by atoms with E-state index in [4.69, 9.17) is 4.74 Å². The fourth-order valence-corrected chi connectivity index (χ4v) is 2.67. The lowest BCUT2D eigenvalue weighted by atomic mass is 9.90. The van der Waals surface area contributed by atoms with E-state index in [1.165, 1.54) is 5.56 Å². The van der Waals surface area contributed by atoms with Crippen LogP contribution in [0.15, 0.2) is 24.3 Å². The summed E-state index contributed by atoms with van der Waals surface area (Å²) in [5, 5.41) is 9.38. The van der Waals surface area contributed by atoms with Crippen LogP contribution < -0.4 is 4.74 Å². The SMILES string of the molecule is COc1ccc([C@H]2CN(C(C)(C)C)C[C@@H]2C#N)cc1. The summed E-state index contributed by atoms with van der Waals surface area (Å²) in [5.74, 6) is 1.24. The van der Waals surface area contributed by atoms with Crippen molar-refractivity contribution in [3.05, 3.63) is 29.8 Å². The lowest BCUT2D eigenvalue weighted by Gasteiger charge is -2.31. The van der Waals surface area contributed by atoms with Crippen molar-refractivity contribution in [3.8, 4) is 11.8 Å². The van der Waals surface area contributed by atoms with Gasteiger partial charge in [0.25, 0.3) is 0 Å². The number of nitrogens with zero attached hydrogens (tertiary/aromatic N) is 2. The van der Waals surface area contributed by atoms with E-state index in [0.717, 1.165) is 18.8 Å². The number of hydrogen-bond acceptors (Lipinski definition) is 3. The molecule has 0 aromatic heterocycles. The molecule has 1 fully saturated rings. The average molecular weight is 258 g/mol. The maximum atomic E-state index is 9.38. The van der Waals surface area contributed by atoms with Gasteiger partial charge in [0.2, 0.25) is 0 Å². The Morgan fingerprint density at radius 2 is 1.84 bits per heavy atom. The van der Waals surface area contributed by atoms with E-state index >= 15 is 0 Å². The highest BCUT2D eigenvalue weighted by Gasteiger charge is 2.38. The van der Waals surface area contributed by atoms with Gasteiger partial charge >= 0.3 is 0 Å². The maximum Gasteiger partial charge on any atom is 0.118 e. The van der Waals surface area contributed by atoms with Gasteiger partial charge in [0, 0.05) is 24.5 Å². The molecule has 0 radical (unpaired) electrons. The van der Waals surface area contributed by atoms with Gasteiger partial charge in [-0.15, -0.1) is 0 Å². The zero-order valence-electron chi connectivity index (χ0n) is 12.2. The number of benzene rings is 1. The summed E-state index contributed by atoms with van der Waals surface area (Å²) in [6.45, 7) is 8.43. The van der Waals surface area contributed by atoms with Gasteiger partial charge in [-0.2, -0.15) is 5.26 Å². The van der Waals surface area contributed by atoms with E-state index < -0.39 is 0 Å². The molecule has 1 heterocycles. The van der Waals surface area contributed by atoms with E-state index in [1.54, 1.807) is 7.11 Å². The fourth-order valence-electron chi connectivity index (χ4n) is 2.67. The lowest BCUT2D eigenvalue weighted by molar-refractivity contribution is 0.170. The molecule has 3 nitrogen and oxygen atoms in total. The van der Waals surface area contributed by atoms with Gasteiger partial charge in [-0.1, -0.05) is 12.1 Å². The third-order valence-electron chi connectivity index (χ3n) is 3.98. The monoisotopic (exact) mass is 258 g/mol. The number of nitriles is 1. The van der Waals surface area contributed by atoms with Crippen molar-refractivity contribution in [3.63, 3.8) is 0 Å². The zero-order valence-corrected chi connectivity index (χ0v) is 12.2. The van der Waals surface area contributed by atoms with E-state index in [2.05, 4.69) is 43.9 Å². The second-order valence-corrected chi connectivity index (χ2v) is 6.19. The van der Waals surface area contributed by atoms with E-state index in [-0.39, 0.29) is 11.5 Å². The van der Waals surface area contributed by atoms with Crippen LogP contribution in [-0.2, 0) is 0 Å². The Balaban J connectivity index is 2.21. The summed E-state index contributed by atoms with van der Waals surface area (Å²) < 4.78 is 5.18. The summed E-state index contributed by atoms with van der Waals surface area (Å²) in [6, 6.07) is 10.6. The Bertz CT molecular complexity index is 467. The van der Waals surface area contributed by atoms with Gasteiger partial charge in [-0.25, -0.2) is 0 Å². The van der Waals surface area contributed by atoms with Crippen molar-refractivity contribution in [2.45, 2.75) is 32.2 Å². The molecular weight excluding hydrogens is 236 g/mol. The molecule has 1 aromatic rings. The first-order chi connectivity index (χ1) is 8.95. The first kappa shape index (κ1) is 13.9. The van der Waals surface area contributed by atoms with Crippen LogP contribution in [0.5, 0.6) is 5.75 Å². The molecule has 0 unspecified atom stereocenters. The normalized spacial score (nSPS) is 24.2. The van der Waals surface area contributed by atoms with Crippen molar-refractivity contribution in [2.24, 2.45) is 5.92 Å². The first-order valence-corrected chi connectivity index (χ1v) is 6.74. The van der Waals surface area contributed by atoms with Crippen molar-refractivity contribution in [2.75, 3.05) is 20.2 Å². The predicted octanol–water partition coefficient (Wildman–Crippen LogP) is 3.03. The summed E-state index contributed by atoms with van der Waals surface area (Å²) in [4.78, 5) is 2.40. The van der Waals surface area contributed by atoms with Gasteiger partial charge in [0.1, 0.15) is 5.75 Å². The van der Waals surface area contributed by atoms with Crippen LogP contribution in [0.4, 0.5) is 0 Å². The highest BCUT2D eigenvalue weighted by Crippen LogP contribution is 2.36. The molecule has 19 heavy (non-hydrogen) atoms. The summed E-state index contributed by atoms with van der Waals surface area (Å²) in [6.07, 6.45) is 0. The molecule has 0 aliphatic carbocycles. The summed E-state index contributed by atoms with van der Waals surface area (Å²) in [7, 11) is 1.67. The second kappa shape index (κ2) is 5.22. The van der Waals surface area contributed by atoms with Gasteiger partial charge in [0.05, 0.1) is 19.1 Å². The van der Waals surface area contributed by atoms with Crippen molar-refractivity contribution in [1.29, 1.82) is 5.26 Å². The molecular formula is C16H22N2O. The van der Waals surface area contributed by atoms with Crippen LogP contribution in [-0.4, -0.2) is 30.6 Å². The molecule has 0 bridgehead atoms. The number of ether oxygens (including phenoxy) is 1. The number of rotatable bonds is 2. The predicted molar refractivity (Wildman–Crippen MR) is 76.2 cm³/mol. The second-order valence-electron chi connectivity index (χ2n) is 6.19. The first-order valence-electron chi connectivity index (χ1n) is 6.74. The molecule has 3 heteroatoms. The Labute approximate surface area is 115 Å². The molecule has 0 spiro atoms. The molecule has 0 N–H and O–H groups in total. The zero-order chi connectivity index (χ0) is 14.0. The van der Waals surface area contributed by atoms with Crippen molar-refractivity contribution < 1.29 is 4.74 Å². The highest BCUT2D eigenvalue weighted by atomic mass is 16.5. The lowest BCUT2D eigenvalue weighted by Crippen LogP contribution is -2.39. The maximum absolute atomic E-state index is 9.38. The molecule has 1 aliphatic heterocycles. The topological polar surface area (TPSA) is 36.3 Å². The molecule has 0 saturated carbocycles. The fraction of sp³-hybridized carbons (Fsp3) is 0.562. The Hall–Kier alpha value is -1.53. The van der Waals surface area contributed by atoms with Crippen molar-refractivity contribution in [1.82, 2.24) is 4.90 Å². The van der Waals surface area contributed by atoms with E-state index in [0.29, 0.717) is 5.92 Å². The van der Waals surface area contributed by atoms with Crippen LogP contribution in [0.3, 0.4) is 0 Å². The minimum absolute atomic E-state index is 0.0765. The van der Waals surface area contributed by atoms with Crippen LogP contribution in [0.2, 0.25) is 0 Å². The van der Waals surface area contributed by atoms with Crippen LogP contribution >= 0.6 is 0 Å². The number of likely N-dealkylation sites (tertiary alicyclic amines) is 1. The van der Waals surface area contributed by atoms with E-state index in [9.17, 15) is 5.26 Å². The van der Waals surface area contributed by atoms with Gasteiger partial charge in [0.15, 0.2) is 0 Å². The molecule has 1 saturated heterocycles. The number of methoxy groups -OCH3 is 1. The minimum atomic E-state index is 0.0765. The minimum Gasteiger partial charge on any atom is -0.497 e. The Morgan fingerprint density at radius 3 is 2.32 bits per heavy atom. The van der Waals surface area contributed by atoms with Crippen LogP contribution in [0, 0.1) is 17.2 Å². The Morgan fingerprint density at radius 1 is 1.21 bits per heavy atom. The summed E-state index contributed by atoms with van der Waals surface area (Å²) >= 11 is 0. The summed E-state index contributed by atoms with van der Waals surface area (Å²) in [5.41, 5.74) is 1.36. The van der Waals surface area contributed by atoms with Crippen LogP contribution in [0.1, 0.15) is 32.3 Å².